The second-order valence-electron chi connectivity index (χ2n) is 2.39. The molecule has 0 saturated carbocycles. The molecule has 0 saturated heterocycles. The van der Waals surface area contributed by atoms with Crippen molar-refractivity contribution in [1.29, 1.82) is 0 Å². The van der Waals surface area contributed by atoms with Crippen molar-refractivity contribution in [2.75, 3.05) is 0 Å². The van der Waals surface area contributed by atoms with Gasteiger partial charge in [0.25, 0.3) is 11.6 Å². The summed E-state index contributed by atoms with van der Waals surface area (Å²) in [5, 5.41) is 10.7. The molecule has 0 bridgehead atoms. The van der Waals surface area contributed by atoms with Crippen molar-refractivity contribution in [2.24, 2.45) is 5.84 Å². The van der Waals surface area contributed by atoms with Gasteiger partial charge in [-0.3, -0.25) is 20.3 Å². The molecule has 0 aliphatic heterocycles. The Kier molecular flexibility index (Phi) is 3.00. The Balaban J connectivity index is 3.28. The Bertz CT molecular complexity index is 394. The largest absolute Gasteiger partial charge is 0.290 e. The second kappa shape index (κ2) is 4.03. The molecule has 6 nitrogen and oxygen atoms in total. The maximum atomic E-state index is 11.1. The maximum absolute atomic E-state index is 11.1. The van der Waals surface area contributed by atoms with E-state index in [9.17, 15) is 14.9 Å². The minimum Gasteiger partial charge on any atom is -0.290 e. The lowest BCUT2D eigenvalue weighted by Gasteiger charge is -2.00. The molecule has 0 aromatic heterocycles. The molecular formula is C7H6ClN3O3. The highest BCUT2D eigenvalue weighted by Crippen LogP contribution is 2.22. The summed E-state index contributed by atoms with van der Waals surface area (Å²) >= 11 is 5.54. The lowest BCUT2D eigenvalue weighted by molar-refractivity contribution is -0.385. The molecule has 0 heterocycles. The standard InChI is InChI=1S/C7H6ClN3O3/c8-4-1-2-5(7(12)10-9)6(3-4)11(13)14/h1-3H,9H2,(H,10,12). The number of hydrogen-bond acceptors (Lipinski definition) is 4. The monoisotopic (exact) mass is 215 g/mol. The summed E-state index contributed by atoms with van der Waals surface area (Å²) in [7, 11) is 0. The SMILES string of the molecule is NNC(=O)c1ccc(Cl)cc1[N+](=O)[O-]. The Hall–Kier alpha value is -1.66. The first-order chi connectivity index (χ1) is 6.56. The van der Waals surface area contributed by atoms with Crippen molar-refractivity contribution in [2.45, 2.75) is 0 Å². The lowest BCUT2D eigenvalue weighted by atomic mass is 10.2. The first-order valence-corrected chi connectivity index (χ1v) is 3.89. The fourth-order valence-electron chi connectivity index (χ4n) is 0.926. The van der Waals surface area contributed by atoms with Crippen molar-refractivity contribution >= 4 is 23.2 Å². The highest BCUT2D eigenvalue weighted by atomic mass is 35.5. The molecule has 14 heavy (non-hydrogen) atoms. The van der Waals surface area contributed by atoms with Gasteiger partial charge in [-0.2, -0.15) is 0 Å². The lowest BCUT2D eigenvalue weighted by Crippen LogP contribution is -2.30. The van der Waals surface area contributed by atoms with Crippen molar-refractivity contribution < 1.29 is 9.72 Å². The number of hydrazine groups is 1. The molecule has 0 spiro atoms. The third kappa shape index (κ3) is 1.98. The van der Waals surface area contributed by atoms with E-state index in [2.05, 4.69) is 0 Å². The van der Waals surface area contributed by atoms with E-state index in [0.717, 1.165) is 6.07 Å². The van der Waals surface area contributed by atoms with E-state index in [-0.39, 0.29) is 16.3 Å². The summed E-state index contributed by atoms with van der Waals surface area (Å²) in [5.74, 6) is 4.13. The number of nitro benzene ring substituents is 1. The van der Waals surface area contributed by atoms with E-state index < -0.39 is 10.8 Å². The van der Waals surface area contributed by atoms with Crippen molar-refractivity contribution in [1.82, 2.24) is 5.43 Å². The summed E-state index contributed by atoms with van der Waals surface area (Å²) in [5.41, 5.74) is 1.31. The summed E-state index contributed by atoms with van der Waals surface area (Å²) in [6, 6.07) is 3.70. The van der Waals surface area contributed by atoms with Crippen LogP contribution in [0.3, 0.4) is 0 Å². The van der Waals surface area contributed by atoms with E-state index in [4.69, 9.17) is 17.4 Å². The third-order valence-corrected chi connectivity index (χ3v) is 1.77. The van der Waals surface area contributed by atoms with Crippen molar-refractivity contribution in [3.8, 4) is 0 Å². The summed E-state index contributed by atoms with van der Waals surface area (Å²) < 4.78 is 0. The van der Waals surface area contributed by atoms with Gasteiger partial charge in [-0.25, -0.2) is 5.84 Å². The number of rotatable bonds is 2. The number of hydrogen-bond donors (Lipinski definition) is 2. The minimum absolute atomic E-state index is 0.123. The highest BCUT2D eigenvalue weighted by molar-refractivity contribution is 6.31. The van der Waals surface area contributed by atoms with Gasteiger partial charge >= 0.3 is 0 Å². The molecule has 0 unspecified atom stereocenters. The van der Waals surface area contributed by atoms with Crippen LogP contribution in [0.2, 0.25) is 5.02 Å². The number of carbonyl (C=O) groups excluding carboxylic acids is 1. The smallest absolute Gasteiger partial charge is 0.283 e. The second-order valence-corrected chi connectivity index (χ2v) is 2.83. The number of amides is 1. The quantitative estimate of drug-likeness (QED) is 0.331. The zero-order valence-corrected chi connectivity index (χ0v) is 7.62. The number of nitrogens with one attached hydrogen (secondary N) is 1. The zero-order chi connectivity index (χ0) is 10.7. The molecule has 1 aromatic carbocycles. The van der Waals surface area contributed by atoms with Gasteiger partial charge in [0.2, 0.25) is 0 Å². The van der Waals surface area contributed by atoms with Gasteiger partial charge in [-0.1, -0.05) is 11.6 Å². The van der Waals surface area contributed by atoms with Gasteiger partial charge in [-0.15, -0.1) is 0 Å². The predicted molar refractivity (Wildman–Crippen MR) is 49.8 cm³/mol. The molecule has 74 valence electrons. The fraction of sp³-hybridized carbons (Fsp3) is 0. The molecule has 0 radical (unpaired) electrons. The first-order valence-electron chi connectivity index (χ1n) is 3.51. The molecule has 1 rings (SSSR count). The summed E-state index contributed by atoms with van der Waals surface area (Å²) in [6.45, 7) is 0. The average Bonchev–Trinajstić information content (AvgIpc) is 2.16. The highest BCUT2D eigenvalue weighted by Gasteiger charge is 2.19. The van der Waals surface area contributed by atoms with Gasteiger partial charge in [0, 0.05) is 11.1 Å². The fourth-order valence-corrected chi connectivity index (χ4v) is 1.09. The van der Waals surface area contributed by atoms with Crippen LogP contribution >= 0.6 is 11.6 Å². The minimum atomic E-state index is -0.728. The number of nitrogens with zero attached hydrogens (tertiary/aromatic N) is 1. The van der Waals surface area contributed by atoms with Gasteiger partial charge in [0.05, 0.1) is 4.92 Å². The predicted octanol–water partition coefficient (Wildman–Crippen LogP) is 0.852. The van der Waals surface area contributed by atoms with Crippen LogP contribution in [0.5, 0.6) is 0 Å². The Labute approximate surface area is 83.8 Å². The molecule has 1 aromatic rings. The van der Waals surface area contributed by atoms with Crippen LogP contribution in [0, 0.1) is 10.1 Å². The van der Waals surface area contributed by atoms with Crippen molar-refractivity contribution in [3.05, 3.63) is 38.9 Å². The van der Waals surface area contributed by atoms with Gasteiger partial charge < -0.3 is 0 Å². The zero-order valence-electron chi connectivity index (χ0n) is 6.86. The van der Waals surface area contributed by atoms with Gasteiger partial charge in [0.1, 0.15) is 5.56 Å². The van der Waals surface area contributed by atoms with Crippen LogP contribution < -0.4 is 11.3 Å². The van der Waals surface area contributed by atoms with E-state index in [1.54, 1.807) is 0 Å². The summed E-state index contributed by atoms with van der Waals surface area (Å²) in [4.78, 5) is 20.9. The first kappa shape index (κ1) is 10.4. The Morgan fingerprint density at radius 1 is 1.57 bits per heavy atom. The normalized spacial score (nSPS) is 9.57. The summed E-state index contributed by atoms with van der Waals surface area (Å²) in [6.07, 6.45) is 0. The number of benzene rings is 1. The number of nitrogen functional groups attached to an aromatic ring is 1. The van der Waals surface area contributed by atoms with Crippen LogP contribution in [0.4, 0.5) is 5.69 Å². The van der Waals surface area contributed by atoms with Crippen LogP contribution in [-0.2, 0) is 0 Å². The van der Waals surface area contributed by atoms with Gasteiger partial charge in [-0.05, 0) is 12.1 Å². The molecule has 0 aliphatic carbocycles. The van der Waals surface area contributed by atoms with Crippen LogP contribution in [0.15, 0.2) is 18.2 Å². The van der Waals surface area contributed by atoms with Crippen LogP contribution in [-0.4, -0.2) is 10.8 Å². The molecule has 3 N–H and O–H groups in total. The molecule has 0 atom stereocenters. The van der Waals surface area contributed by atoms with Crippen LogP contribution in [0.25, 0.3) is 0 Å². The third-order valence-electron chi connectivity index (χ3n) is 1.53. The van der Waals surface area contributed by atoms with Crippen molar-refractivity contribution in [3.63, 3.8) is 0 Å². The number of nitro groups is 1. The average molecular weight is 216 g/mol. The molecule has 7 heteroatoms. The maximum Gasteiger partial charge on any atom is 0.283 e. The number of halogens is 1. The van der Waals surface area contributed by atoms with Crippen LogP contribution in [0.1, 0.15) is 10.4 Å². The Morgan fingerprint density at radius 2 is 2.21 bits per heavy atom. The number of nitrogens with two attached hydrogens (primary N) is 1. The van der Waals surface area contributed by atoms with E-state index >= 15 is 0 Å². The van der Waals surface area contributed by atoms with E-state index in [0.29, 0.717) is 0 Å². The van der Waals surface area contributed by atoms with E-state index in [1.807, 2.05) is 5.43 Å². The van der Waals surface area contributed by atoms with Gasteiger partial charge in [0.15, 0.2) is 0 Å². The molecular weight excluding hydrogens is 210 g/mol. The topological polar surface area (TPSA) is 98.3 Å². The molecule has 1 amide bonds. The molecule has 0 aliphatic rings. The number of carbonyl (C=O) groups is 1. The Morgan fingerprint density at radius 3 is 2.71 bits per heavy atom. The van der Waals surface area contributed by atoms with E-state index in [1.165, 1.54) is 12.1 Å². The molecule has 0 fully saturated rings.